The molecule has 1 aromatic heterocycles. The molecule has 0 spiro atoms. The molecule has 8 heteroatoms. The second kappa shape index (κ2) is 11.0. The molecule has 0 aliphatic heterocycles. The van der Waals surface area contributed by atoms with Gasteiger partial charge >= 0.3 is 0 Å². The molecule has 0 saturated heterocycles. The molecule has 0 aliphatic rings. The first-order valence-electron chi connectivity index (χ1n) is 11.7. The number of ether oxygens (including phenoxy) is 1. The molecule has 4 rings (SSSR count). The average molecular weight is 505 g/mol. The number of amides is 1. The van der Waals surface area contributed by atoms with E-state index in [1.807, 2.05) is 47.9 Å². The van der Waals surface area contributed by atoms with Gasteiger partial charge in [-0.05, 0) is 60.4 Å². The zero-order valence-corrected chi connectivity index (χ0v) is 21.6. The quantitative estimate of drug-likeness (QED) is 0.277. The molecule has 186 valence electrons. The highest BCUT2D eigenvalue weighted by atomic mass is 32.2. The van der Waals surface area contributed by atoms with Crippen LogP contribution in [0.3, 0.4) is 0 Å². The van der Waals surface area contributed by atoms with Crippen molar-refractivity contribution in [2.24, 2.45) is 0 Å². The van der Waals surface area contributed by atoms with Crippen molar-refractivity contribution >= 4 is 23.4 Å². The van der Waals surface area contributed by atoms with Gasteiger partial charge in [0.15, 0.2) is 11.0 Å². The fraction of sp³-hybridized carbons (Fsp3) is 0.250. The van der Waals surface area contributed by atoms with Crippen molar-refractivity contribution in [1.29, 1.82) is 0 Å². The third-order valence-corrected chi connectivity index (χ3v) is 6.42. The molecule has 0 aliphatic carbocycles. The number of halogens is 1. The van der Waals surface area contributed by atoms with Crippen molar-refractivity contribution in [2.75, 3.05) is 17.7 Å². The molecule has 36 heavy (non-hydrogen) atoms. The van der Waals surface area contributed by atoms with Gasteiger partial charge in [-0.2, -0.15) is 0 Å². The SMILES string of the molecule is CCOc1ccc(-n2c(SCC(=O)Nc3cccc(F)c3)nnc2-c2ccc(C(C)(C)C)cc2)cc1. The molecule has 1 N–H and O–H groups in total. The van der Waals surface area contributed by atoms with Crippen LogP contribution in [0, 0.1) is 5.82 Å². The van der Waals surface area contributed by atoms with Crippen molar-refractivity contribution in [1.82, 2.24) is 14.8 Å². The number of benzene rings is 3. The van der Waals surface area contributed by atoms with Gasteiger partial charge in [-0.15, -0.1) is 10.2 Å². The van der Waals surface area contributed by atoms with Crippen LogP contribution in [0.2, 0.25) is 0 Å². The van der Waals surface area contributed by atoms with Crippen LogP contribution in [-0.4, -0.2) is 33.0 Å². The second-order valence-electron chi connectivity index (χ2n) is 9.24. The molecular formula is C28H29FN4O2S. The number of thioether (sulfide) groups is 1. The van der Waals surface area contributed by atoms with E-state index in [4.69, 9.17) is 4.74 Å². The molecule has 3 aromatic carbocycles. The topological polar surface area (TPSA) is 69.0 Å². The Labute approximate surface area is 214 Å². The average Bonchev–Trinajstić information content (AvgIpc) is 3.27. The molecule has 1 heterocycles. The van der Waals surface area contributed by atoms with Gasteiger partial charge in [-0.3, -0.25) is 9.36 Å². The minimum absolute atomic E-state index is 0.0390. The lowest BCUT2D eigenvalue weighted by molar-refractivity contribution is -0.113. The first-order valence-corrected chi connectivity index (χ1v) is 12.7. The number of nitrogens with one attached hydrogen (secondary N) is 1. The summed E-state index contributed by atoms with van der Waals surface area (Å²) < 4.78 is 21.0. The van der Waals surface area contributed by atoms with Gasteiger partial charge in [0.25, 0.3) is 0 Å². The fourth-order valence-electron chi connectivity index (χ4n) is 3.65. The third kappa shape index (κ3) is 6.12. The molecule has 0 radical (unpaired) electrons. The number of carbonyl (C=O) groups is 1. The number of anilines is 1. The smallest absolute Gasteiger partial charge is 0.234 e. The van der Waals surface area contributed by atoms with Crippen LogP contribution in [0.15, 0.2) is 78.0 Å². The number of nitrogens with zero attached hydrogens (tertiary/aromatic N) is 3. The lowest BCUT2D eigenvalue weighted by atomic mass is 9.87. The minimum atomic E-state index is -0.405. The summed E-state index contributed by atoms with van der Waals surface area (Å²) >= 11 is 1.26. The summed E-state index contributed by atoms with van der Waals surface area (Å²) in [5.74, 6) is 0.872. The second-order valence-corrected chi connectivity index (χ2v) is 10.2. The Bertz CT molecular complexity index is 1330. The maximum atomic E-state index is 13.5. The zero-order chi connectivity index (χ0) is 25.7. The maximum absolute atomic E-state index is 13.5. The summed E-state index contributed by atoms with van der Waals surface area (Å²) in [6, 6.07) is 21.8. The van der Waals surface area contributed by atoms with E-state index >= 15 is 0 Å². The Morgan fingerprint density at radius 1 is 1.03 bits per heavy atom. The highest BCUT2D eigenvalue weighted by molar-refractivity contribution is 7.99. The van der Waals surface area contributed by atoms with Gasteiger partial charge in [0.1, 0.15) is 11.6 Å². The predicted octanol–water partition coefficient (Wildman–Crippen LogP) is 6.50. The Morgan fingerprint density at radius 3 is 2.39 bits per heavy atom. The monoisotopic (exact) mass is 504 g/mol. The minimum Gasteiger partial charge on any atom is -0.494 e. The van der Waals surface area contributed by atoms with E-state index in [2.05, 4.69) is 48.4 Å². The summed E-state index contributed by atoms with van der Waals surface area (Å²) in [7, 11) is 0. The number of aromatic nitrogens is 3. The molecule has 0 bridgehead atoms. The molecule has 0 atom stereocenters. The van der Waals surface area contributed by atoms with Crippen molar-refractivity contribution in [3.8, 4) is 22.8 Å². The fourth-order valence-corrected chi connectivity index (χ4v) is 4.41. The Hall–Kier alpha value is -3.65. The van der Waals surface area contributed by atoms with Gasteiger partial charge in [0, 0.05) is 16.9 Å². The Morgan fingerprint density at radius 2 is 1.75 bits per heavy atom. The number of hydrogen-bond donors (Lipinski definition) is 1. The molecule has 1 amide bonds. The molecule has 4 aromatic rings. The first kappa shape index (κ1) is 25.4. The van der Waals surface area contributed by atoms with Crippen LogP contribution >= 0.6 is 11.8 Å². The zero-order valence-electron chi connectivity index (χ0n) is 20.8. The van der Waals surface area contributed by atoms with E-state index in [9.17, 15) is 9.18 Å². The summed E-state index contributed by atoms with van der Waals surface area (Å²) in [6.45, 7) is 9.05. The Kier molecular flexibility index (Phi) is 7.74. The molecule has 0 saturated carbocycles. The number of hydrogen-bond acceptors (Lipinski definition) is 5. The highest BCUT2D eigenvalue weighted by Gasteiger charge is 2.19. The van der Waals surface area contributed by atoms with Crippen LogP contribution in [-0.2, 0) is 10.2 Å². The van der Waals surface area contributed by atoms with Gasteiger partial charge in [0.2, 0.25) is 5.91 Å². The molecule has 6 nitrogen and oxygen atoms in total. The van der Waals surface area contributed by atoms with Crippen molar-refractivity contribution in [2.45, 2.75) is 38.3 Å². The third-order valence-electron chi connectivity index (χ3n) is 5.49. The van der Waals surface area contributed by atoms with Gasteiger partial charge < -0.3 is 10.1 Å². The van der Waals surface area contributed by atoms with Gasteiger partial charge in [0.05, 0.1) is 12.4 Å². The van der Waals surface area contributed by atoms with Crippen LogP contribution in [0.1, 0.15) is 33.3 Å². The van der Waals surface area contributed by atoms with Crippen molar-refractivity contribution < 1.29 is 13.9 Å². The lowest BCUT2D eigenvalue weighted by Gasteiger charge is -2.19. The van der Waals surface area contributed by atoms with Crippen molar-refractivity contribution in [3.05, 3.63) is 84.2 Å². The first-order chi connectivity index (χ1) is 17.2. The van der Waals surface area contributed by atoms with Crippen LogP contribution in [0.25, 0.3) is 17.1 Å². The van der Waals surface area contributed by atoms with Gasteiger partial charge in [-0.25, -0.2) is 4.39 Å². The van der Waals surface area contributed by atoms with Crippen LogP contribution in [0.5, 0.6) is 5.75 Å². The van der Waals surface area contributed by atoms with E-state index in [0.717, 1.165) is 17.0 Å². The van der Waals surface area contributed by atoms with E-state index in [1.54, 1.807) is 12.1 Å². The van der Waals surface area contributed by atoms with Crippen LogP contribution < -0.4 is 10.1 Å². The van der Waals surface area contributed by atoms with E-state index in [-0.39, 0.29) is 17.1 Å². The largest absolute Gasteiger partial charge is 0.494 e. The maximum Gasteiger partial charge on any atom is 0.234 e. The standard InChI is InChI=1S/C28H29FN4O2S/c1-5-35-24-15-13-23(14-16-24)33-26(19-9-11-20(12-10-19)28(2,3)4)31-32-27(33)36-18-25(34)30-22-8-6-7-21(29)17-22/h6-17H,5,18H2,1-4H3,(H,30,34). The normalized spacial score (nSPS) is 11.4. The molecular weight excluding hydrogens is 475 g/mol. The predicted molar refractivity (Wildman–Crippen MR) is 142 cm³/mol. The summed E-state index contributed by atoms with van der Waals surface area (Å²) in [5.41, 5.74) is 3.44. The Balaban J connectivity index is 1.62. The van der Waals surface area contributed by atoms with Crippen LogP contribution in [0.4, 0.5) is 10.1 Å². The molecule has 0 fully saturated rings. The molecule has 0 unspecified atom stereocenters. The van der Waals surface area contributed by atoms with Crippen molar-refractivity contribution in [3.63, 3.8) is 0 Å². The summed E-state index contributed by atoms with van der Waals surface area (Å²) in [6.07, 6.45) is 0. The highest BCUT2D eigenvalue weighted by Crippen LogP contribution is 2.31. The number of rotatable bonds is 8. The van der Waals surface area contributed by atoms with E-state index in [0.29, 0.717) is 23.3 Å². The van der Waals surface area contributed by atoms with E-state index < -0.39 is 5.82 Å². The van der Waals surface area contributed by atoms with Gasteiger partial charge in [-0.1, -0.05) is 62.9 Å². The van der Waals surface area contributed by atoms with E-state index in [1.165, 1.54) is 29.5 Å². The lowest BCUT2D eigenvalue weighted by Crippen LogP contribution is -2.14. The number of carbonyl (C=O) groups excluding carboxylic acids is 1. The summed E-state index contributed by atoms with van der Waals surface area (Å²) in [5, 5.41) is 12.2. The summed E-state index contributed by atoms with van der Waals surface area (Å²) in [4.78, 5) is 12.5.